The molecule has 0 spiro atoms. The average molecular weight is 963 g/mol. The molecule has 12 nitrogen and oxygen atoms in total. The first-order valence-corrected chi connectivity index (χ1v) is 23.6. The summed E-state index contributed by atoms with van der Waals surface area (Å²) in [6.45, 7) is 11.2. The highest BCUT2D eigenvalue weighted by molar-refractivity contribution is 6.16. The normalized spacial score (nSPS) is 10.8. The zero-order chi connectivity index (χ0) is 50.2. The molecule has 0 aliphatic heterocycles. The van der Waals surface area contributed by atoms with Gasteiger partial charge in [-0.2, -0.15) is 0 Å². The van der Waals surface area contributed by atoms with Crippen molar-refractivity contribution in [3.8, 4) is 0 Å². The lowest BCUT2D eigenvalue weighted by Gasteiger charge is -2.18. The summed E-state index contributed by atoms with van der Waals surface area (Å²) in [5.41, 5.74) is 1.87. The number of rotatable bonds is 35. The van der Waals surface area contributed by atoms with Crippen LogP contribution in [0.5, 0.6) is 0 Å². The van der Waals surface area contributed by atoms with E-state index in [0.717, 1.165) is 51.4 Å². The molecule has 0 radical (unpaired) electrons. The minimum atomic E-state index is -1.01. The zero-order valence-electron chi connectivity index (χ0n) is 39.4. The number of halogens is 3. The van der Waals surface area contributed by atoms with Gasteiger partial charge in [-0.25, -0.2) is 27.6 Å². The fourth-order valence-corrected chi connectivity index (χ4v) is 6.65. The van der Waals surface area contributed by atoms with E-state index >= 15 is 0 Å². The molecule has 0 amide bonds. The summed E-state index contributed by atoms with van der Waals surface area (Å²) in [5, 5.41) is 0. The predicted molar refractivity (Wildman–Crippen MR) is 254 cm³/mol. The number of carbonyl (C=O) groups excluding carboxylic acids is 6. The van der Waals surface area contributed by atoms with Gasteiger partial charge < -0.3 is 28.4 Å². The smallest absolute Gasteiger partial charge is 0.338 e. The van der Waals surface area contributed by atoms with Crippen molar-refractivity contribution in [1.82, 2.24) is 0 Å². The topological polar surface area (TPSA) is 158 Å². The molecule has 0 aliphatic rings. The maximum Gasteiger partial charge on any atom is 0.338 e. The number of hydrogen-bond acceptors (Lipinski definition) is 12. The minimum absolute atomic E-state index is 0.0925. The average Bonchev–Trinajstić information content (AvgIpc) is 3.34. The van der Waals surface area contributed by atoms with Gasteiger partial charge in [0.1, 0.15) is 30.7 Å². The Morgan fingerprint density at radius 2 is 0.623 bits per heavy atom. The second-order valence-electron chi connectivity index (χ2n) is 16.4. The fourth-order valence-electron chi connectivity index (χ4n) is 6.65. The van der Waals surface area contributed by atoms with Crippen molar-refractivity contribution in [2.75, 3.05) is 33.0 Å². The summed E-state index contributed by atoms with van der Waals surface area (Å²) >= 11 is 0. The SMILES string of the molecule is C=C(C(=O)OCCCCCCCC(=O)OCC(COC(=O)CCCCCCCOC(=O)C(=C)c1ccc(F)cc1)OC(=O)CCCCCCCOC(=O)C(=C)c1ccc(F)cc1)c1ccc(F)cc1. The molecule has 15 heteroatoms. The Bertz CT molecular complexity index is 2020. The van der Waals surface area contributed by atoms with E-state index < -0.39 is 59.4 Å². The Morgan fingerprint density at radius 1 is 0.362 bits per heavy atom. The van der Waals surface area contributed by atoms with E-state index in [1.54, 1.807) is 0 Å². The van der Waals surface area contributed by atoms with Crippen molar-refractivity contribution in [1.29, 1.82) is 0 Å². The lowest BCUT2D eigenvalue weighted by Crippen LogP contribution is -2.30. The van der Waals surface area contributed by atoms with Gasteiger partial charge in [-0.3, -0.25) is 14.4 Å². The van der Waals surface area contributed by atoms with Gasteiger partial charge in [-0.05, 0) is 91.6 Å². The zero-order valence-corrected chi connectivity index (χ0v) is 39.4. The molecule has 69 heavy (non-hydrogen) atoms. The summed E-state index contributed by atoms with van der Waals surface area (Å²) in [6, 6.07) is 16.2. The molecule has 374 valence electrons. The molecule has 0 unspecified atom stereocenters. The predicted octanol–water partition coefficient (Wildman–Crippen LogP) is 11.2. The first-order chi connectivity index (χ1) is 33.2. The van der Waals surface area contributed by atoms with Gasteiger partial charge in [0.05, 0.1) is 36.5 Å². The van der Waals surface area contributed by atoms with Crippen LogP contribution in [0, 0.1) is 17.5 Å². The monoisotopic (exact) mass is 962 g/mol. The van der Waals surface area contributed by atoms with Crippen LogP contribution < -0.4 is 0 Å². The van der Waals surface area contributed by atoms with Crippen LogP contribution >= 0.6 is 0 Å². The van der Waals surface area contributed by atoms with Crippen molar-refractivity contribution >= 4 is 52.5 Å². The fraction of sp³-hybridized carbons (Fsp3) is 0.444. The highest BCUT2D eigenvalue weighted by atomic mass is 19.1. The second-order valence-corrected chi connectivity index (χ2v) is 16.4. The summed E-state index contributed by atoms with van der Waals surface area (Å²) in [6.07, 6.45) is 9.56. The number of ether oxygens (including phenoxy) is 6. The third-order valence-electron chi connectivity index (χ3n) is 10.8. The molecule has 3 aromatic rings. The lowest BCUT2D eigenvalue weighted by atomic mass is 10.1. The van der Waals surface area contributed by atoms with E-state index in [-0.39, 0.29) is 69.0 Å². The third-order valence-corrected chi connectivity index (χ3v) is 10.8. The van der Waals surface area contributed by atoms with E-state index in [0.29, 0.717) is 61.6 Å². The highest BCUT2D eigenvalue weighted by Crippen LogP contribution is 2.19. The molecule has 0 N–H and O–H groups in total. The number of benzene rings is 3. The van der Waals surface area contributed by atoms with Gasteiger partial charge in [0, 0.05) is 19.3 Å². The molecular formula is C54H65F3O12. The Kier molecular flexibility index (Phi) is 27.2. The summed E-state index contributed by atoms with van der Waals surface area (Å²) in [7, 11) is 0. The highest BCUT2D eigenvalue weighted by Gasteiger charge is 2.20. The Balaban J connectivity index is 1.31. The van der Waals surface area contributed by atoms with Gasteiger partial charge in [-0.15, -0.1) is 0 Å². The van der Waals surface area contributed by atoms with E-state index in [1.807, 2.05) is 0 Å². The first-order valence-electron chi connectivity index (χ1n) is 23.6. The Labute approximate surface area is 403 Å². The quantitative estimate of drug-likeness (QED) is 0.0238. The number of unbranched alkanes of at least 4 members (excludes halogenated alkanes) is 12. The van der Waals surface area contributed by atoms with Crippen LogP contribution in [-0.4, -0.2) is 75.0 Å². The molecule has 0 bridgehead atoms. The van der Waals surface area contributed by atoms with E-state index in [2.05, 4.69) is 19.7 Å². The van der Waals surface area contributed by atoms with E-state index in [9.17, 15) is 41.9 Å². The van der Waals surface area contributed by atoms with Crippen LogP contribution in [-0.2, 0) is 57.2 Å². The van der Waals surface area contributed by atoms with Gasteiger partial charge in [0.2, 0.25) is 0 Å². The minimum Gasteiger partial charge on any atom is -0.462 e. The number of hydrogen-bond donors (Lipinski definition) is 0. The summed E-state index contributed by atoms with van der Waals surface area (Å²) in [4.78, 5) is 74.8. The molecule has 0 aromatic heterocycles. The molecule has 0 saturated heterocycles. The van der Waals surface area contributed by atoms with Gasteiger partial charge >= 0.3 is 35.8 Å². The third kappa shape index (κ3) is 24.4. The van der Waals surface area contributed by atoms with Crippen molar-refractivity contribution in [2.24, 2.45) is 0 Å². The standard InChI is InChI=1S/C54H65F3O12/c1-39(42-22-28-45(55)29-23-42)52(61)64-34-16-10-4-7-13-19-49(58)67-37-48(69-51(60)21-15-9-6-12-18-36-66-54(63)41(3)44-26-32-47(57)33-27-44)38-68-50(59)20-14-8-5-11-17-35-65-53(62)40(2)43-24-30-46(56)31-25-43/h22-33,48H,1-21,34-38H2. The van der Waals surface area contributed by atoms with Crippen molar-refractivity contribution in [3.63, 3.8) is 0 Å². The van der Waals surface area contributed by atoms with Crippen molar-refractivity contribution in [3.05, 3.63) is 127 Å². The molecule has 0 fully saturated rings. The molecule has 3 rings (SSSR count). The first kappa shape index (κ1) is 56.8. The second kappa shape index (κ2) is 33.1. The lowest BCUT2D eigenvalue weighted by molar-refractivity contribution is -0.167. The summed E-state index contributed by atoms with van der Waals surface area (Å²) < 4.78 is 71.7. The van der Waals surface area contributed by atoms with Crippen LogP contribution in [0.15, 0.2) is 92.5 Å². The Hall–Kier alpha value is -6.51. The van der Waals surface area contributed by atoms with Crippen LogP contribution in [0.4, 0.5) is 13.2 Å². The van der Waals surface area contributed by atoms with Crippen LogP contribution in [0.2, 0.25) is 0 Å². The number of esters is 6. The molecule has 0 saturated carbocycles. The van der Waals surface area contributed by atoms with Gasteiger partial charge in [0.15, 0.2) is 6.10 Å². The summed E-state index contributed by atoms with van der Waals surface area (Å²) in [5.74, 6) is -4.49. The molecular weight excluding hydrogens is 898 g/mol. The van der Waals surface area contributed by atoms with Gasteiger partial charge in [-0.1, -0.05) is 114 Å². The number of carbonyl (C=O) groups is 6. The molecule has 0 atom stereocenters. The maximum absolute atomic E-state index is 13.2. The van der Waals surface area contributed by atoms with Gasteiger partial charge in [0.25, 0.3) is 0 Å². The van der Waals surface area contributed by atoms with Crippen LogP contribution in [0.3, 0.4) is 0 Å². The van der Waals surface area contributed by atoms with Crippen LogP contribution in [0.25, 0.3) is 16.7 Å². The maximum atomic E-state index is 13.2. The van der Waals surface area contributed by atoms with E-state index in [4.69, 9.17) is 28.4 Å². The molecule has 3 aromatic carbocycles. The van der Waals surface area contributed by atoms with E-state index in [1.165, 1.54) is 72.8 Å². The van der Waals surface area contributed by atoms with Crippen molar-refractivity contribution in [2.45, 2.75) is 122 Å². The van der Waals surface area contributed by atoms with Crippen LogP contribution in [0.1, 0.15) is 132 Å². The largest absolute Gasteiger partial charge is 0.462 e. The van der Waals surface area contributed by atoms with Crippen molar-refractivity contribution < 1.29 is 70.4 Å². The molecule has 0 aliphatic carbocycles. The Morgan fingerprint density at radius 3 is 0.928 bits per heavy atom. The molecule has 0 heterocycles.